The van der Waals surface area contributed by atoms with Crippen molar-refractivity contribution in [1.82, 2.24) is 13.5 Å². The highest BCUT2D eigenvalue weighted by Gasteiger charge is 2.28. The fourth-order valence-corrected chi connectivity index (χ4v) is 4.08. The number of carbonyl (C=O) groups is 1. The van der Waals surface area contributed by atoms with Crippen molar-refractivity contribution in [2.24, 2.45) is 0 Å². The Bertz CT molecular complexity index is 750. The molecular formula is C16H23N3O5S. The van der Waals surface area contributed by atoms with Gasteiger partial charge in [-0.15, -0.1) is 0 Å². The van der Waals surface area contributed by atoms with Crippen LogP contribution >= 0.6 is 0 Å². The van der Waals surface area contributed by atoms with Crippen molar-refractivity contribution in [2.45, 2.75) is 12.8 Å². The van der Waals surface area contributed by atoms with Gasteiger partial charge in [-0.1, -0.05) is 6.07 Å². The number of carbonyl (C=O) groups excluding carboxylic acids is 1. The highest BCUT2D eigenvalue weighted by molar-refractivity contribution is 7.86. The predicted molar refractivity (Wildman–Crippen MR) is 91.6 cm³/mol. The van der Waals surface area contributed by atoms with E-state index in [-0.39, 0.29) is 19.1 Å². The van der Waals surface area contributed by atoms with Crippen molar-refractivity contribution >= 4 is 16.1 Å². The summed E-state index contributed by atoms with van der Waals surface area (Å²) in [6.07, 6.45) is 0.886. The molecule has 2 aliphatic heterocycles. The molecule has 1 saturated heterocycles. The Hall–Kier alpha value is -1.84. The quantitative estimate of drug-likeness (QED) is 0.763. The Morgan fingerprint density at radius 2 is 1.88 bits per heavy atom. The van der Waals surface area contributed by atoms with Crippen molar-refractivity contribution in [3.8, 4) is 11.5 Å². The molecule has 1 amide bonds. The van der Waals surface area contributed by atoms with Gasteiger partial charge in [0.1, 0.15) is 0 Å². The van der Waals surface area contributed by atoms with Crippen LogP contribution in [0.2, 0.25) is 0 Å². The van der Waals surface area contributed by atoms with E-state index in [0.717, 1.165) is 5.56 Å². The number of ether oxygens (including phenoxy) is 2. The maximum Gasteiger partial charge on any atom is 0.281 e. The van der Waals surface area contributed by atoms with Crippen LogP contribution in [0.4, 0.5) is 0 Å². The second-order valence-electron chi connectivity index (χ2n) is 6.29. The minimum absolute atomic E-state index is 0.0111. The number of rotatable bonds is 4. The van der Waals surface area contributed by atoms with Gasteiger partial charge in [0.25, 0.3) is 10.2 Å². The molecule has 0 spiro atoms. The first kappa shape index (κ1) is 18.0. The van der Waals surface area contributed by atoms with Gasteiger partial charge >= 0.3 is 0 Å². The van der Waals surface area contributed by atoms with E-state index in [1.165, 1.54) is 22.7 Å². The topological polar surface area (TPSA) is 79.4 Å². The maximum absolute atomic E-state index is 12.6. The molecule has 0 N–H and O–H groups in total. The number of fused-ring (bicyclic) bond motifs is 1. The minimum atomic E-state index is -3.44. The highest BCUT2D eigenvalue weighted by atomic mass is 32.2. The molecule has 2 aliphatic rings. The van der Waals surface area contributed by atoms with E-state index in [0.29, 0.717) is 44.1 Å². The van der Waals surface area contributed by atoms with Gasteiger partial charge in [-0.2, -0.15) is 17.0 Å². The van der Waals surface area contributed by atoms with Gasteiger partial charge in [-0.05, 0) is 24.1 Å². The lowest BCUT2D eigenvalue weighted by Gasteiger charge is -2.24. The number of hydrogen-bond acceptors (Lipinski definition) is 5. The second-order valence-corrected chi connectivity index (χ2v) is 8.43. The molecule has 0 radical (unpaired) electrons. The van der Waals surface area contributed by atoms with Gasteiger partial charge in [0.05, 0.1) is 6.42 Å². The van der Waals surface area contributed by atoms with Crippen molar-refractivity contribution in [3.63, 3.8) is 0 Å². The molecule has 0 aliphatic carbocycles. The Labute approximate surface area is 148 Å². The van der Waals surface area contributed by atoms with E-state index < -0.39 is 10.2 Å². The third-order valence-electron chi connectivity index (χ3n) is 4.39. The van der Waals surface area contributed by atoms with Gasteiger partial charge in [-0.3, -0.25) is 4.79 Å². The molecule has 138 valence electrons. The number of nitrogens with zero attached hydrogens (tertiary/aromatic N) is 3. The molecule has 0 aromatic heterocycles. The normalized spacial score (nSPS) is 18.4. The lowest BCUT2D eigenvalue weighted by Crippen LogP contribution is -2.42. The zero-order valence-electron chi connectivity index (χ0n) is 14.5. The molecule has 0 unspecified atom stereocenters. The van der Waals surface area contributed by atoms with Gasteiger partial charge < -0.3 is 14.4 Å². The smallest absolute Gasteiger partial charge is 0.281 e. The minimum Gasteiger partial charge on any atom is -0.454 e. The zero-order chi connectivity index (χ0) is 18.0. The van der Waals surface area contributed by atoms with Gasteiger partial charge in [0, 0.05) is 40.3 Å². The SMILES string of the molecule is CN(C)S(=O)(=O)N1CCCN(C(=O)Cc2ccc3c(c2)OCO3)CC1. The van der Waals surface area contributed by atoms with Crippen LogP contribution in [0.15, 0.2) is 18.2 Å². The van der Waals surface area contributed by atoms with E-state index in [4.69, 9.17) is 9.47 Å². The molecule has 25 heavy (non-hydrogen) atoms. The summed E-state index contributed by atoms with van der Waals surface area (Å²) >= 11 is 0. The van der Waals surface area contributed by atoms with Gasteiger partial charge in [0.2, 0.25) is 12.7 Å². The summed E-state index contributed by atoms with van der Waals surface area (Å²) in [4.78, 5) is 14.3. The summed E-state index contributed by atoms with van der Waals surface area (Å²) < 4.78 is 37.7. The van der Waals surface area contributed by atoms with Crippen LogP contribution in [0.25, 0.3) is 0 Å². The number of amides is 1. The van der Waals surface area contributed by atoms with Crippen molar-refractivity contribution < 1.29 is 22.7 Å². The Kier molecular flexibility index (Phi) is 5.16. The molecular weight excluding hydrogens is 346 g/mol. The summed E-state index contributed by atoms with van der Waals surface area (Å²) in [6, 6.07) is 5.48. The van der Waals surface area contributed by atoms with Gasteiger partial charge in [0.15, 0.2) is 11.5 Å². The summed E-state index contributed by atoms with van der Waals surface area (Å²) in [5, 5.41) is 0. The molecule has 0 saturated carbocycles. The Morgan fingerprint density at radius 1 is 1.12 bits per heavy atom. The van der Waals surface area contributed by atoms with Crippen LogP contribution in [-0.2, 0) is 21.4 Å². The zero-order valence-corrected chi connectivity index (χ0v) is 15.3. The Morgan fingerprint density at radius 3 is 2.64 bits per heavy atom. The van der Waals surface area contributed by atoms with Crippen LogP contribution in [-0.4, -0.2) is 74.9 Å². The first-order valence-electron chi connectivity index (χ1n) is 8.22. The first-order chi connectivity index (χ1) is 11.9. The molecule has 3 rings (SSSR count). The summed E-state index contributed by atoms with van der Waals surface area (Å²) in [7, 11) is -0.407. The van der Waals surface area contributed by atoms with Crippen LogP contribution in [0.1, 0.15) is 12.0 Å². The first-order valence-corrected chi connectivity index (χ1v) is 9.61. The average molecular weight is 369 g/mol. The summed E-state index contributed by atoms with van der Waals surface area (Å²) in [5.74, 6) is 1.34. The maximum atomic E-state index is 12.6. The fourth-order valence-electron chi connectivity index (χ4n) is 2.94. The monoisotopic (exact) mass is 369 g/mol. The van der Waals surface area contributed by atoms with Crippen LogP contribution in [0.3, 0.4) is 0 Å². The van der Waals surface area contributed by atoms with E-state index in [1.54, 1.807) is 11.0 Å². The summed E-state index contributed by atoms with van der Waals surface area (Å²) in [5.41, 5.74) is 0.858. The van der Waals surface area contributed by atoms with E-state index in [9.17, 15) is 13.2 Å². The summed E-state index contributed by atoms with van der Waals surface area (Å²) in [6.45, 7) is 1.90. The van der Waals surface area contributed by atoms with Crippen LogP contribution < -0.4 is 9.47 Å². The third kappa shape index (κ3) is 3.88. The molecule has 1 fully saturated rings. The number of benzene rings is 1. The predicted octanol–water partition coefficient (Wildman–Crippen LogP) is 0.299. The van der Waals surface area contributed by atoms with Crippen LogP contribution in [0.5, 0.6) is 11.5 Å². The molecule has 0 bridgehead atoms. The molecule has 8 nitrogen and oxygen atoms in total. The number of hydrogen-bond donors (Lipinski definition) is 0. The lowest BCUT2D eigenvalue weighted by atomic mass is 10.1. The molecule has 9 heteroatoms. The highest BCUT2D eigenvalue weighted by Crippen LogP contribution is 2.32. The van der Waals surface area contributed by atoms with Crippen molar-refractivity contribution in [3.05, 3.63) is 23.8 Å². The molecule has 0 atom stereocenters. The lowest BCUT2D eigenvalue weighted by molar-refractivity contribution is -0.130. The van der Waals surface area contributed by atoms with E-state index >= 15 is 0 Å². The largest absolute Gasteiger partial charge is 0.454 e. The standard InChI is InChI=1S/C16H23N3O5S/c1-17(2)25(21,22)19-7-3-6-18(8-9-19)16(20)11-13-4-5-14-15(10-13)24-12-23-14/h4-5,10H,3,6-9,11-12H2,1-2H3. The van der Waals surface area contributed by atoms with E-state index in [2.05, 4.69) is 0 Å². The van der Waals surface area contributed by atoms with Gasteiger partial charge in [-0.25, -0.2) is 0 Å². The third-order valence-corrected chi connectivity index (χ3v) is 6.33. The molecule has 1 aromatic rings. The van der Waals surface area contributed by atoms with Crippen molar-refractivity contribution in [1.29, 1.82) is 0 Å². The van der Waals surface area contributed by atoms with E-state index in [1.807, 2.05) is 12.1 Å². The average Bonchev–Trinajstić information content (AvgIpc) is 2.88. The molecule has 2 heterocycles. The Balaban J connectivity index is 1.62. The van der Waals surface area contributed by atoms with Crippen molar-refractivity contribution in [2.75, 3.05) is 47.1 Å². The van der Waals surface area contributed by atoms with Crippen LogP contribution in [0, 0.1) is 0 Å². The fraction of sp³-hybridized carbons (Fsp3) is 0.562. The second kappa shape index (κ2) is 7.19. The molecule has 1 aromatic carbocycles.